The fourth-order valence-electron chi connectivity index (χ4n) is 2.53. The smallest absolute Gasteiger partial charge is 0.342 e. The van der Waals surface area contributed by atoms with Gasteiger partial charge in [-0.2, -0.15) is 0 Å². The number of benzene rings is 2. The van der Waals surface area contributed by atoms with Gasteiger partial charge in [0, 0.05) is 11.1 Å². The fourth-order valence-corrected chi connectivity index (χ4v) is 2.66. The zero-order chi connectivity index (χ0) is 19.6. The van der Waals surface area contributed by atoms with E-state index in [1.807, 2.05) is 26.0 Å². The van der Waals surface area contributed by atoms with Crippen molar-refractivity contribution in [3.63, 3.8) is 0 Å². The van der Waals surface area contributed by atoms with Crippen LogP contribution in [0.3, 0.4) is 0 Å². The van der Waals surface area contributed by atoms with Crippen LogP contribution in [0.2, 0.25) is 5.02 Å². The molecule has 0 spiro atoms. The van der Waals surface area contributed by atoms with Crippen LogP contribution in [0, 0.1) is 0 Å². The van der Waals surface area contributed by atoms with Gasteiger partial charge in [0.05, 0.1) is 0 Å². The lowest BCUT2D eigenvalue weighted by Gasteiger charge is -2.14. The summed E-state index contributed by atoms with van der Waals surface area (Å²) < 4.78 is 10.9. The summed E-state index contributed by atoms with van der Waals surface area (Å²) in [5.41, 5.74) is 1.20. The lowest BCUT2D eigenvalue weighted by atomic mass is 10.2. The van der Waals surface area contributed by atoms with Gasteiger partial charge >= 0.3 is 5.97 Å². The normalized spacial score (nSPS) is 11.5. The molecule has 0 bridgehead atoms. The average Bonchev–Trinajstić information content (AvgIpc) is 2.66. The third-order valence-electron chi connectivity index (χ3n) is 3.88. The van der Waals surface area contributed by atoms with E-state index in [9.17, 15) is 9.59 Å². The number of carbonyl (C=O) groups is 2. The van der Waals surface area contributed by atoms with Crippen molar-refractivity contribution < 1.29 is 19.1 Å². The summed E-state index contributed by atoms with van der Waals surface area (Å²) >= 11 is 5.87. The van der Waals surface area contributed by atoms with Crippen molar-refractivity contribution in [2.24, 2.45) is 0 Å². The number of para-hydroxylation sites is 1. The van der Waals surface area contributed by atoms with Gasteiger partial charge in [-0.05, 0) is 43.2 Å². The lowest BCUT2D eigenvalue weighted by Crippen LogP contribution is -2.35. The molecule has 0 saturated heterocycles. The maximum Gasteiger partial charge on any atom is 0.342 e. The average molecular weight is 390 g/mol. The maximum absolute atomic E-state index is 12.3. The first-order valence-electron chi connectivity index (χ1n) is 8.92. The zero-order valence-corrected chi connectivity index (χ0v) is 16.3. The van der Waals surface area contributed by atoms with Gasteiger partial charge in [0.2, 0.25) is 0 Å². The number of esters is 1. The van der Waals surface area contributed by atoms with Crippen molar-refractivity contribution in [3.8, 4) is 5.75 Å². The van der Waals surface area contributed by atoms with Gasteiger partial charge in [0.25, 0.3) is 5.91 Å². The molecule has 0 aromatic heterocycles. The molecule has 0 aliphatic carbocycles. The van der Waals surface area contributed by atoms with E-state index in [-0.39, 0.29) is 30.7 Å². The van der Waals surface area contributed by atoms with E-state index in [4.69, 9.17) is 21.1 Å². The first-order chi connectivity index (χ1) is 13.0. The van der Waals surface area contributed by atoms with Crippen LogP contribution in [0.15, 0.2) is 48.5 Å². The summed E-state index contributed by atoms with van der Waals surface area (Å²) in [6.45, 7) is 3.93. The molecule has 2 rings (SSSR count). The summed E-state index contributed by atoms with van der Waals surface area (Å²) in [6.07, 6.45) is 1.85. The number of halogens is 1. The second kappa shape index (κ2) is 10.6. The molecule has 2 aromatic rings. The van der Waals surface area contributed by atoms with E-state index < -0.39 is 5.97 Å². The number of ether oxygens (including phenoxy) is 2. The highest BCUT2D eigenvalue weighted by Gasteiger charge is 2.16. The third-order valence-corrected chi connectivity index (χ3v) is 4.13. The Morgan fingerprint density at radius 2 is 1.81 bits per heavy atom. The Balaban J connectivity index is 1.92. The predicted molar refractivity (Wildman–Crippen MR) is 105 cm³/mol. The fraction of sp³-hybridized carbons (Fsp3) is 0.333. The van der Waals surface area contributed by atoms with E-state index in [1.165, 1.54) is 0 Å². The molecule has 1 atom stereocenters. The second-order valence-electron chi connectivity index (χ2n) is 6.24. The molecule has 0 heterocycles. The van der Waals surface area contributed by atoms with Crippen molar-refractivity contribution in [2.75, 3.05) is 6.61 Å². The molecule has 5 nitrogen and oxygen atoms in total. The van der Waals surface area contributed by atoms with Crippen molar-refractivity contribution in [1.29, 1.82) is 0 Å². The Labute approximate surface area is 164 Å². The van der Waals surface area contributed by atoms with E-state index in [2.05, 4.69) is 5.32 Å². The topological polar surface area (TPSA) is 64.6 Å². The van der Waals surface area contributed by atoms with E-state index in [1.54, 1.807) is 36.4 Å². The van der Waals surface area contributed by atoms with E-state index in [0.29, 0.717) is 10.8 Å². The van der Waals surface area contributed by atoms with Crippen LogP contribution in [-0.4, -0.2) is 24.5 Å². The van der Waals surface area contributed by atoms with Crippen molar-refractivity contribution in [1.82, 2.24) is 5.32 Å². The minimum absolute atomic E-state index is 0.0520. The van der Waals surface area contributed by atoms with Crippen LogP contribution in [0.4, 0.5) is 0 Å². The summed E-state index contributed by atoms with van der Waals surface area (Å²) in [5, 5.41) is 3.44. The molecule has 0 aliphatic heterocycles. The standard InChI is InChI=1S/C21H24ClNO4/c1-3-6-15(2)23-20(24)14-27-21(25)18-7-4-5-8-19(18)26-13-16-9-11-17(22)12-10-16/h4-5,7-12,15H,3,6,13-14H2,1-2H3,(H,23,24)/t15-/m1/s1. The monoisotopic (exact) mass is 389 g/mol. The Bertz CT molecular complexity index is 761. The summed E-state index contributed by atoms with van der Waals surface area (Å²) in [5.74, 6) is -0.513. The number of amides is 1. The maximum atomic E-state index is 12.3. The van der Waals surface area contributed by atoms with Crippen LogP contribution in [0.25, 0.3) is 0 Å². The Kier molecular flexibility index (Phi) is 8.14. The number of hydrogen-bond acceptors (Lipinski definition) is 4. The molecule has 0 unspecified atom stereocenters. The van der Waals surface area contributed by atoms with Gasteiger partial charge in [0.15, 0.2) is 6.61 Å². The first-order valence-corrected chi connectivity index (χ1v) is 9.30. The van der Waals surface area contributed by atoms with Crippen LogP contribution in [0.5, 0.6) is 5.75 Å². The molecule has 0 aliphatic rings. The lowest BCUT2D eigenvalue weighted by molar-refractivity contribution is -0.124. The summed E-state index contributed by atoms with van der Waals surface area (Å²) in [7, 11) is 0. The second-order valence-corrected chi connectivity index (χ2v) is 6.68. The predicted octanol–water partition coefficient (Wildman–Crippen LogP) is 4.38. The molecule has 144 valence electrons. The molecule has 1 amide bonds. The molecule has 1 N–H and O–H groups in total. The molecule has 0 radical (unpaired) electrons. The van der Waals surface area contributed by atoms with Gasteiger partial charge in [-0.3, -0.25) is 4.79 Å². The molecule has 6 heteroatoms. The Hall–Kier alpha value is -2.53. The van der Waals surface area contributed by atoms with Crippen LogP contribution in [-0.2, 0) is 16.1 Å². The number of hydrogen-bond donors (Lipinski definition) is 1. The van der Waals surface area contributed by atoms with Crippen molar-refractivity contribution >= 4 is 23.5 Å². The highest BCUT2D eigenvalue weighted by atomic mass is 35.5. The largest absolute Gasteiger partial charge is 0.488 e. The van der Waals surface area contributed by atoms with E-state index >= 15 is 0 Å². The molecule has 0 saturated carbocycles. The minimum atomic E-state index is -0.597. The summed E-state index contributed by atoms with van der Waals surface area (Å²) in [6, 6.07) is 14.1. The first kappa shape index (κ1) is 20.8. The summed E-state index contributed by atoms with van der Waals surface area (Å²) in [4.78, 5) is 24.2. The number of rotatable bonds is 9. The van der Waals surface area contributed by atoms with Crippen molar-refractivity contribution in [2.45, 2.75) is 39.3 Å². The van der Waals surface area contributed by atoms with Gasteiger partial charge in [-0.25, -0.2) is 4.79 Å². The minimum Gasteiger partial charge on any atom is -0.488 e. The zero-order valence-electron chi connectivity index (χ0n) is 15.5. The van der Waals surface area contributed by atoms with Crippen LogP contribution < -0.4 is 10.1 Å². The van der Waals surface area contributed by atoms with E-state index in [0.717, 1.165) is 18.4 Å². The third kappa shape index (κ3) is 6.94. The SMILES string of the molecule is CCC[C@@H](C)NC(=O)COC(=O)c1ccccc1OCc1ccc(Cl)cc1. The van der Waals surface area contributed by atoms with Crippen LogP contribution in [0.1, 0.15) is 42.6 Å². The molecule has 0 fully saturated rings. The molecule has 27 heavy (non-hydrogen) atoms. The van der Waals surface area contributed by atoms with Gasteiger partial charge in [-0.1, -0.05) is 49.2 Å². The van der Waals surface area contributed by atoms with Gasteiger partial charge in [-0.15, -0.1) is 0 Å². The highest BCUT2D eigenvalue weighted by molar-refractivity contribution is 6.30. The van der Waals surface area contributed by atoms with Crippen LogP contribution >= 0.6 is 11.6 Å². The van der Waals surface area contributed by atoms with Gasteiger partial charge in [0.1, 0.15) is 17.9 Å². The van der Waals surface area contributed by atoms with Gasteiger partial charge < -0.3 is 14.8 Å². The Morgan fingerprint density at radius 3 is 2.52 bits per heavy atom. The molecule has 2 aromatic carbocycles. The highest BCUT2D eigenvalue weighted by Crippen LogP contribution is 2.21. The number of nitrogens with one attached hydrogen (secondary N) is 1. The Morgan fingerprint density at radius 1 is 1.11 bits per heavy atom. The van der Waals surface area contributed by atoms with Crippen molar-refractivity contribution in [3.05, 3.63) is 64.7 Å². The quantitative estimate of drug-likeness (QED) is 0.646. The molecular formula is C21H24ClNO4. The number of carbonyl (C=O) groups excluding carboxylic acids is 2. The molecular weight excluding hydrogens is 366 g/mol.